The maximum atomic E-state index is 10.0. The van der Waals surface area contributed by atoms with Crippen LogP contribution in [0.15, 0.2) is 0 Å². The molecule has 0 fully saturated rings. The summed E-state index contributed by atoms with van der Waals surface area (Å²) in [6.07, 6.45) is 3.20. The normalized spacial score (nSPS) is 11.3. The SMILES string of the molecule is CC(O)C(=O)[O-].CC(O)C(=O)[O-].CCCCCCCC(=O)O.[Sn+2]. The van der Waals surface area contributed by atoms with Crippen LogP contribution >= 0.6 is 0 Å². The molecule has 0 aliphatic carbocycles. The fourth-order valence-corrected chi connectivity index (χ4v) is 0.880. The molecular weight excluding hydrogens is 415 g/mol. The minimum atomic E-state index is -1.44. The Bertz CT molecular complexity index is 287. The van der Waals surface area contributed by atoms with Gasteiger partial charge >= 0.3 is 29.9 Å². The van der Waals surface area contributed by atoms with Crippen molar-refractivity contribution in [3.8, 4) is 0 Å². The molecule has 0 amide bonds. The molecule has 0 heterocycles. The smallest absolute Gasteiger partial charge is 0.547 e. The van der Waals surface area contributed by atoms with Crippen molar-refractivity contribution in [2.45, 2.75) is 71.5 Å². The molecule has 8 nitrogen and oxygen atoms in total. The van der Waals surface area contributed by atoms with Gasteiger partial charge in [0, 0.05) is 6.42 Å². The number of aliphatic hydroxyl groups excluding tert-OH is 2. The molecule has 0 aromatic heterocycles. The van der Waals surface area contributed by atoms with Crippen molar-refractivity contribution in [2.24, 2.45) is 0 Å². The summed E-state index contributed by atoms with van der Waals surface area (Å²) in [6, 6.07) is 0. The number of carbonyl (C=O) groups is 3. The summed E-state index contributed by atoms with van der Waals surface area (Å²) in [7, 11) is 0. The Morgan fingerprint density at radius 3 is 1.39 bits per heavy atom. The van der Waals surface area contributed by atoms with Gasteiger partial charge in [-0.15, -0.1) is 0 Å². The first-order valence-corrected chi connectivity index (χ1v) is 7.05. The van der Waals surface area contributed by atoms with Crippen LogP contribution in [-0.4, -0.2) is 69.3 Å². The molecule has 0 aromatic rings. The van der Waals surface area contributed by atoms with Crippen LogP contribution in [0.1, 0.15) is 59.3 Å². The number of rotatable bonds is 8. The van der Waals surface area contributed by atoms with Gasteiger partial charge < -0.3 is 35.1 Å². The second-order valence-electron chi connectivity index (χ2n) is 4.55. The Morgan fingerprint density at radius 2 is 1.17 bits per heavy atom. The molecular formula is C14H26O8Sn. The first-order valence-electron chi connectivity index (χ1n) is 7.05. The zero-order valence-electron chi connectivity index (χ0n) is 13.8. The van der Waals surface area contributed by atoms with E-state index in [2.05, 4.69) is 6.92 Å². The van der Waals surface area contributed by atoms with Gasteiger partial charge in [-0.1, -0.05) is 32.6 Å². The number of carboxylic acid groups (broad SMARTS) is 3. The Hall–Kier alpha value is -0.871. The zero-order chi connectivity index (χ0) is 18.1. The minimum Gasteiger partial charge on any atom is -0.547 e. The molecule has 0 saturated carbocycles. The Kier molecular flexibility index (Phi) is 27.6. The Balaban J connectivity index is -0.000000122. The fraction of sp³-hybridized carbons (Fsp3) is 0.786. The predicted molar refractivity (Wildman–Crippen MR) is 80.1 cm³/mol. The topological polar surface area (TPSA) is 158 Å². The summed E-state index contributed by atoms with van der Waals surface area (Å²) in [5, 5.41) is 42.9. The van der Waals surface area contributed by atoms with Crippen molar-refractivity contribution < 1.29 is 39.9 Å². The van der Waals surface area contributed by atoms with Gasteiger partial charge in [0.05, 0.1) is 24.1 Å². The van der Waals surface area contributed by atoms with Crippen molar-refractivity contribution in [3.63, 3.8) is 0 Å². The number of carbonyl (C=O) groups excluding carboxylic acids is 2. The van der Waals surface area contributed by atoms with Crippen LogP contribution in [0.4, 0.5) is 0 Å². The van der Waals surface area contributed by atoms with Crippen LogP contribution in [0.2, 0.25) is 0 Å². The van der Waals surface area contributed by atoms with E-state index in [-0.39, 0.29) is 23.9 Å². The molecule has 23 heavy (non-hydrogen) atoms. The summed E-state index contributed by atoms with van der Waals surface area (Å²) in [5.41, 5.74) is 0. The molecule has 0 saturated heterocycles. The molecule has 0 bridgehead atoms. The second kappa shape index (κ2) is 21.1. The van der Waals surface area contributed by atoms with Gasteiger partial charge in [-0.2, -0.15) is 0 Å². The average molecular weight is 441 g/mol. The van der Waals surface area contributed by atoms with Crippen molar-refractivity contribution in [3.05, 3.63) is 0 Å². The van der Waals surface area contributed by atoms with Crippen LogP contribution in [-0.2, 0) is 14.4 Å². The molecule has 2 radical (unpaired) electrons. The second-order valence-corrected chi connectivity index (χ2v) is 4.55. The maximum absolute atomic E-state index is 10.0. The summed E-state index contributed by atoms with van der Waals surface area (Å²) >= 11 is 0. The van der Waals surface area contributed by atoms with E-state index in [9.17, 15) is 24.6 Å². The molecule has 134 valence electrons. The zero-order valence-corrected chi connectivity index (χ0v) is 16.6. The van der Waals surface area contributed by atoms with Gasteiger partial charge in [-0.3, -0.25) is 4.79 Å². The van der Waals surface area contributed by atoms with E-state index < -0.39 is 30.1 Å². The van der Waals surface area contributed by atoms with E-state index in [1.807, 2.05) is 0 Å². The van der Waals surface area contributed by atoms with E-state index in [1.54, 1.807) is 0 Å². The molecule has 0 aliphatic rings. The van der Waals surface area contributed by atoms with Crippen LogP contribution in [0.5, 0.6) is 0 Å². The van der Waals surface area contributed by atoms with Gasteiger partial charge in [0.15, 0.2) is 0 Å². The van der Waals surface area contributed by atoms with Gasteiger partial charge in [0.2, 0.25) is 0 Å². The van der Waals surface area contributed by atoms with E-state index in [0.29, 0.717) is 6.42 Å². The first kappa shape index (κ1) is 30.1. The van der Waals surface area contributed by atoms with Gasteiger partial charge in [-0.05, 0) is 20.3 Å². The van der Waals surface area contributed by atoms with Crippen molar-refractivity contribution in [1.29, 1.82) is 0 Å². The predicted octanol–water partition coefficient (Wildman–Crippen LogP) is -1.72. The van der Waals surface area contributed by atoms with Crippen molar-refractivity contribution >= 4 is 41.8 Å². The number of aliphatic carboxylic acids is 3. The van der Waals surface area contributed by atoms with E-state index in [0.717, 1.165) is 26.7 Å². The number of unbranched alkanes of at least 4 members (excludes halogenated alkanes) is 4. The maximum Gasteiger partial charge on any atom is 2.00 e. The number of carboxylic acids is 3. The average Bonchev–Trinajstić information content (AvgIpc) is 2.39. The van der Waals surface area contributed by atoms with E-state index in [1.165, 1.54) is 19.3 Å². The monoisotopic (exact) mass is 442 g/mol. The number of hydrogen-bond donors (Lipinski definition) is 3. The van der Waals surface area contributed by atoms with E-state index in [4.69, 9.17) is 15.3 Å². The standard InChI is InChI=1S/C8H16O2.2C3H6O3.Sn/c1-2-3-4-5-6-7-8(9)10;2*1-2(4)3(5)6;/h2-7H2,1H3,(H,9,10);2*2,4H,1H3,(H,5,6);/q;;;+2/p-2. The van der Waals surface area contributed by atoms with Crippen LogP contribution in [0.25, 0.3) is 0 Å². The van der Waals surface area contributed by atoms with Gasteiger partial charge in [0.25, 0.3) is 0 Å². The van der Waals surface area contributed by atoms with Crippen LogP contribution in [0.3, 0.4) is 0 Å². The third-order valence-corrected chi connectivity index (χ3v) is 2.18. The molecule has 0 aromatic carbocycles. The van der Waals surface area contributed by atoms with Gasteiger partial charge in [-0.25, -0.2) is 0 Å². The Morgan fingerprint density at radius 1 is 0.870 bits per heavy atom. The van der Waals surface area contributed by atoms with Crippen molar-refractivity contribution in [1.82, 2.24) is 0 Å². The van der Waals surface area contributed by atoms with Gasteiger partial charge in [0.1, 0.15) is 0 Å². The third kappa shape index (κ3) is 38.7. The summed E-state index contributed by atoms with van der Waals surface area (Å²) in [6.45, 7) is 4.42. The number of hydrogen-bond acceptors (Lipinski definition) is 7. The van der Waals surface area contributed by atoms with Crippen LogP contribution < -0.4 is 10.2 Å². The quantitative estimate of drug-likeness (QED) is 0.297. The third-order valence-electron chi connectivity index (χ3n) is 2.18. The summed E-state index contributed by atoms with van der Waals surface area (Å²) in [5.74, 6) is -3.54. The van der Waals surface area contributed by atoms with E-state index >= 15 is 0 Å². The summed E-state index contributed by atoms with van der Waals surface area (Å²) < 4.78 is 0. The summed E-state index contributed by atoms with van der Waals surface area (Å²) in [4.78, 5) is 28.7. The minimum absolute atomic E-state index is 0. The van der Waals surface area contributed by atoms with Crippen LogP contribution in [0, 0.1) is 0 Å². The molecule has 3 N–H and O–H groups in total. The molecule has 0 aliphatic heterocycles. The number of aliphatic hydroxyl groups is 2. The molecule has 2 unspecified atom stereocenters. The molecule has 0 rings (SSSR count). The first-order chi connectivity index (χ1) is 10.1. The Labute approximate surface area is 153 Å². The fourth-order valence-electron chi connectivity index (χ4n) is 0.880. The van der Waals surface area contributed by atoms with Crippen molar-refractivity contribution in [2.75, 3.05) is 0 Å². The molecule has 2 atom stereocenters. The largest absolute Gasteiger partial charge is 2.00 e. The molecule has 9 heteroatoms. The molecule has 0 spiro atoms.